The Labute approximate surface area is 160 Å². The van der Waals surface area contributed by atoms with Crippen LogP contribution in [0.15, 0.2) is 24.3 Å². The van der Waals surface area contributed by atoms with E-state index in [-0.39, 0.29) is 30.6 Å². The van der Waals surface area contributed by atoms with Crippen LogP contribution in [0.1, 0.15) is 19.8 Å². The van der Waals surface area contributed by atoms with Crippen LogP contribution in [0.2, 0.25) is 0 Å². The summed E-state index contributed by atoms with van der Waals surface area (Å²) in [6.45, 7) is 2.98. The zero-order valence-electron chi connectivity index (χ0n) is 16.1. The van der Waals surface area contributed by atoms with Gasteiger partial charge in [0.25, 0.3) is 5.91 Å². The molecule has 0 radical (unpaired) electrons. The van der Waals surface area contributed by atoms with Crippen LogP contribution in [0.4, 0.5) is 0 Å². The summed E-state index contributed by atoms with van der Waals surface area (Å²) in [5.41, 5.74) is 0. The van der Waals surface area contributed by atoms with Gasteiger partial charge in [0.15, 0.2) is 6.61 Å². The molecule has 0 bridgehead atoms. The number of nitrogens with one attached hydrogen (secondary N) is 1. The number of benzene rings is 1. The van der Waals surface area contributed by atoms with Crippen molar-refractivity contribution in [3.8, 4) is 11.5 Å². The van der Waals surface area contributed by atoms with Gasteiger partial charge in [0.05, 0.1) is 19.3 Å². The highest BCUT2D eigenvalue weighted by Gasteiger charge is 2.43. The van der Waals surface area contributed by atoms with Gasteiger partial charge in [-0.2, -0.15) is 0 Å². The van der Waals surface area contributed by atoms with Crippen LogP contribution in [0.25, 0.3) is 0 Å². The minimum Gasteiger partial charge on any atom is -0.497 e. The molecule has 0 unspecified atom stereocenters. The number of fused-ring (bicyclic) bond motifs is 1. The molecule has 7 nitrogen and oxygen atoms in total. The molecule has 1 saturated heterocycles. The zero-order chi connectivity index (χ0) is 19.4. The van der Waals surface area contributed by atoms with Crippen molar-refractivity contribution in [1.29, 1.82) is 0 Å². The van der Waals surface area contributed by atoms with E-state index in [4.69, 9.17) is 14.2 Å². The molecule has 148 valence electrons. The van der Waals surface area contributed by atoms with Crippen LogP contribution in [-0.2, 0) is 14.3 Å². The first-order chi connectivity index (χ1) is 13.0. The van der Waals surface area contributed by atoms with E-state index in [2.05, 4.69) is 5.32 Å². The van der Waals surface area contributed by atoms with Crippen molar-refractivity contribution in [3.05, 3.63) is 24.3 Å². The number of methoxy groups -OCH3 is 2. The van der Waals surface area contributed by atoms with Gasteiger partial charge in [-0.3, -0.25) is 9.59 Å². The lowest BCUT2D eigenvalue weighted by Gasteiger charge is -2.37. The third-order valence-electron chi connectivity index (χ3n) is 5.58. The average molecular weight is 376 g/mol. The Morgan fingerprint density at radius 3 is 2.30 bits per heavy atom. The number of amides is 2. The Kier molecular flexibility index (Phi) is 6.21. The summed E-state index contributed by atoms with van der Waals surface area (Å²) in [7, 11) is 3.29. The van der Waals surface area contributed by atoms with E-state index in [1.54, 1.807) is 38.5 Å². The van der Waals surface area contributed by atoms with E-state index in [1.807, 2.05) is 4.90 Å². The van der Waals surface area contributed by atoms with Crippen LogP contribution in [0.5, 0.6) is 11.5 Å². The Bertz CT molecular complexity index is 663. The molecule has 2 aliphatic rings. The van der Waals surface area contributed by atoms with E-state index >= 15 is 0 Å². The predicted octanol–water partition coefficient (Wildman–Crippen LogP) is 1.46. The second kappa shape index (κ2) is 8.61. The second-order valence-corrected chi connectivity index (χ2v) is 7.34. The van der Waals surface area contributed by atoms with Gasteiger partial charge in [-0.05, 0) is 48.9 Å². The molecule has 1 heterocycles. The van der Waals surface area contributed by atoms with Gasteiger partial charge in [-0.25, -0.2) is 0 Å². The summed E-state index contributed by atoms with van der Waals surface area (Å²) in [5.74, 6) is 2.14. The van der Waals surface area contributed by atoms with Crippen LogP contribution in [-0.4, -0.2) is 62.8 Å². The van der Waals surface area contributed by atoms with Gasteiger partial charge >= 0.3 is 0 Å². The molecule has 1 aromatic rings. The van der Waals surface area contributed by atoms with E-state index in [1.165, 1.54) is 6.92 Å². The summed E-state index contributed by atoms with van der Waals surface area (Å²) in [5, 5.41) is 2.99. The summed E-state index contributed by atoms with van der Waals surface area (Å²) in [4.78, 5) is 25.9. The summed E-state index contributed by atoms with van der Waals surface area (Å²) >= 11 is 0. The molecule has 4 atom stereocenters. The van der Waals surface area contributed by atoms with Crippen molar-refractivity contribution < 1.29 is 23.8 Å². The molecule has 2 fully saturated rings. The maximum atomic E-state index is 12.6. The largest absolute Gasteiger partial charge is 0.497 e. The number of hydrogen-bond acceptors (Lipinski definition) is 5. The van der Waals surface area contributed by atoms with Gasteiger partial charge in [0.2, 0.25) is 5.91 Å². The smallest absolute Gasteiger partial charge is 0.260 e. The molecule has 2 amide bonds. The Balaban J connectivity index is 1.53. The molecule has 0 spiro atoms. The summed E-state index contributed by atoms with van der Waals surface area (Å²) in [6.07, 6.45) is 1.70. The molecule has 1 aliphatic heterocycles. The van der Waals surface area contributed by atoms with Crippen molar-refractivity contribution in [3.63, 3.8) is 0 Å². The van der Waals surface area contributed by atoms with E-state index in [0.717, 1.165) is 25.1 Å². The van der Waals surface area contributed by atoms with Gasteiger partial charge in [-0.1, -0.05) is 0 Å². The predicted molar refractivity (Wildman–Crippen MR) is 99.7 cm³/mol. The first-order valence-corrected chi connectivity index (χ1v) is 9.34. The van der Waals surface area contributed by atoms with Crippen LogP contribution < -0.4 is 14.8 Å². The number of hydrogen-bond donors (Lipinski definition) is 1. The Morgan fingerprint density at radius 1 is 1.07 bits per heavy atom. The maximum absolute atomic E-state index is 12.6. The number of likely N-dealkylation sites (tertiary alicyclic amines) is 1. The third-order valence-corrected chi connectivity index (χ3v) is 5.58. The fourth-order valence-electron chi connectivity index (χ4n) is 4.20. The van der Waals surface area contributed by atoms with Gasteiger partial charge in [0, 0.05) is 27.1 Å². The first-order valence-electron chi connectivity index (χ1n) is 9.34. The zero-order valence-corrected chi connectivity index (χ0v) is 16.1. The molecular weight excluding hydrogens is 348 g/mol. The first kappa shape index (κ1) is 19.5. The van der Waals surface area contributed by atoms with E-state index < -0.39 is 0 Å². The monoisotopic (exact) mass is 376 g/mol. The SMILES string of the molecule is COc1ccc(OCC(=O)N2C[C@H]3C[C@@H](NC(C)=O)[C@H](OC)C[C@H]3C2)cc1. The lowest BCUT2D eigenvalue weighted by atomic mass is 9.77. The molecule has 3 rings (SSSR count). The normalized spacial score (nSPS) is 27.0. The number of rotatable bonds is 6. The Hall–Kier alpha value is -2.28. The van der Waals surface area contributed by atoms with Crippen molar-refractivity contribution in [1.82, 2.24) is 10.2 Å². The van der Waals surface area contributed by atoms with Crippen molar-refractivity contribution in [2.24, 2.45) is 11.8 Å². The minimum absolute atomic E-state index is 0.000696. The molecule has 27 heavy (non-hydrogen) atoms. The topological polar surface area (TPSA) is 77.1 Å². The van der Waals surface area contributed by atoms with Crippen molar-refractivity contribution in [2.45, 2.75) is 31.9 Å². The lowest BCUT2D eigenvalue weighted by molar-refractivity contribution is -0.132. The second-order valence-electron chi connectivity index (χ2n) is 7.34. The van der Waals surface area contributed by atoms with E-state index in [0.29, 0.717) is 24.1 Å². The Morgan fingerprint density at radius 2 is 1.70 bits per heavy atom. The molecule has 1 aromatic carbocycles. The summed E-state index contributed by atoms with van der Waals surface area (Å²) < 4.78 is 16.3. The number of nitrogens with zero attached hydrogens (tertiary/aromatic N) is 1. The van der Waals surface area contributed by atoms with Gasteiger partial charge in [0.1, 0.15) is 11.5 Å². The lowest BCUT2D eigenvalue weighted by Crippen LogP contribution is -2.49. The quantitative estimate of drug-likeness (QED) is 0.813. The molecule has 0 aromatic heterocycles. The maximum Gasteiger partial charge on any atom is 0.260 e. The number of carbonyl (C=O) groups excluding carboxylic acids is 2. The highest BCUT2D eigenvalue weighted by Crippen LogP contribution is 2.37. The molecular formula is C20H28N2O5. The van der Waals surface area contributed by atoms with Gasteiger partial charge < -0.3 is 24.4 Å². The minimum atomic E-state index is -0.0423. The molecule has 7 heteroatoms. The third kappa shape index (κ3) is 4.71. The molecule has 1 aliphatic carbocycles. The number of ether oxygens (including phenoxy) is 3. The van der Waals surface area contributed by atoms with Crippen LogP contribution >= 0.6 is 0 Å². The summed E-state index contributed by atoms with van der Waals surface area (Å²) in [6, 6.07) is 7.20. The molecule has 1 saturated carbocycles. The number of carbonyl (C=O) groups is 2. The van der Waals surface area contributed by atoms with E-state index in [9.17, 15) is 9.59 Å². The standard InChI is InChI=1S/C20H28N2O5/c1-13(23)21-18-8-14-10-22(11-15(14)9-19(18)26-3)20(24)12-27-17-6-4-16(25-2)5-7-17/h4-7,14-15,18-19H,8-12H2,1-3H3,(H,21,23)/t14-,15+,18-,19-/m1/s1. The van der Waals surface area contributed by atoms with Crippen molar-refractivity contribution >= 4 is 11.8 Å². The van der Waals surface area contributed by atoms with Crippen molar-refractivity contribution in [2.75, 3.05) is 33.9 Å². The van der Waals surface area contributed by atoms with Crippen LogP contribution in [0.3, 0.4) is 0 Å². The highest BCUT2D eigenvalue weighted by atomic mass is 16.5. The van der Waals surface area contributed by atoms with Crippen LogP contribution in [0, 0.1) is 11.8 Å². The van der Waals surface area contributed by atoms with Gasteiger partial charge in [-0.15, -0.1) is 0 Å². The fourth-order valence-corrected chi connectivity index (χ4v) is 4.20. The molecule has 1 N–H and O–H groups in total. The highest BCUT2D eigenvalue weighted by molar-refractivity contribution is 5.78. The average Bonchev–Trinajstić information content (AvgIpc) is 3.08. The fraction of sp³-hybridized carbons (Fsp3) is 0.600.